The molecular weight excluding hydrogens is 258 g/mol. The van der Waals surface area contributed by atoms with Crippen LogP contribution in [0.25, 0.3) is 11.0 Å². The maximum absolute atomic E-state index is 6.05. The van der Waals surface area contributed by atoms with Crippen molar-refractivity contribution in [2.75, 3.05) is 6.54 Å². The van der Waals surface area contributed by atoms with Crippen LogP contribution >= 0.6 is 0 Å². The van der Waals surface area contributed by atoms with Crippen molar-refractivity contribution in [3.05, 3.63) is 71.5 Å². The normalized spacial score (nSPS) is 12.7. The second-order valence-electron chi connectivity index (χ2n) is 5.48. The minimum Gasteiger partial charge on any atom is -0.459 e. The second-order valence-corrected chi connectivity index (χ2v) is 5.48. The zero-order valence-electron chi connectivity index (χ0n) is 12.6. The summed E-state index contributed by atoms with van der Waals surface area (Å²) in [4.78, 5) is 0. The lowest BCUT2D eigenvalue weighted by Gasteiger charge is -2.17. The zero-order valence-corrected chi connectivity index (χ0v) is 12.6. The molecule has 0 saturated carbocycles. The lowest BCUT2D eigenvalue weighted by atomic mass is 10.0. The second kappa shape index (κ2) is 6.15. The van der Waals surface area contributed by atoms with E-state index in [-0.39, 0.29) is 6.04 Å². The van der Waals surface area contributed by atoms with E-state index in [0.717, 1.165) is 29.7 Å². The highest BCUT2D eigenvalue weighted by Crippen LogP contribution is 2.28. The molecule has 0 bridgehead atoms. The Morgan fingerprint density at radius 1 is 1.05 bits per heavy atom. The van der Waals surface area contributed by atoms with Gasteiger partial charge in [0.2, 0.25) is 0 Å². The summed E-state index contributed by atoms with van der Waals surface area (Å²) in [6.07, 6.45) is 1.10. The molecule has 2 aromatic carbocycles. The van der Waals surface area contributed by atoms with Crippen molar-refractivity contribution in [1.82, 2.24) is 5.32 Å². The molecule has 1 N–H and O–H groups in total. The number of rotatable bonds is 5. The number of aryl methyl sites for hydroxylation is 1. The van der Waals surface area contributed by atoms with Gasteiger partial charge in [0, 0.05) is 5.39 Å². The minimum absolute atomic E-state index is 0.109. The van der Waals surface area contributed by atoms with Gasteiger partial charge in [-0.15, -0.1) is 0 Å². The fraction of sp³-hybridized carbons (Fsp3) is 0.263. The van der Waals surface area contributed by atoms with Gasteiger partial charge < -0.3 is 9.73 Å². The summed E-state index contributed by atoms with van der Waals surface area (Å²) in [6.45, 7) is 5.26. The van der Waals surface area contributed by atoms with E-state index < -0.39 is 0 Å². The fourth-order valence-electron chi connectivity index (χ4n) is 2.57. The number of fused-ring (bicyclic) bond motifs is 1. The van der Waals surface area contributed by atoms with Gasteiger partial charge in [0.05, 0.1) is 6.04 Å². The highest BCUT2D eigenvalue weighted by Gasteiger charge is 2.17. The van der Waals surface area contributed by atoms with Crippen molar-refractivity contribution in [3.63, 3.8) is 0 Å². The molecule has 1 unspecified atom stereocenters. The maximum atomic E-state index is 6.05. The molecule has 0 amide bonds. The summed E-state index contributed by atoms with van der Waals surface area (Å²) < 4.78 is 6.05. The third-order valence-corrected chi connectivity index (χ3v) is 3.74. The van der Waals surface area contributed by atoms with E-state index in [9.17, 15) is 0 Å². The molecule has 0 aliphatic carbocycles. The first-order valence-electron chi connectivity index (χ1n) is 7.56. The summed E-state index contributed by atoms with van der Waals surface area (Å²) in [6, 6.07) is 19.1. The number of furan rings is 1. The fourth-order valence-corrected chi connectivity index (χ4v) is 2.57. The Kier molecular flexibility index (Phi) is 4.07. The van der Waals surface area contributed by atoms with Crippen molar-refractivity contribution < 1.29 is 4.42 Å². The first-order chi connectivity index (χ1) is 10.3. The summed E-state index contributed by atoms with van der Waals surface area (Å²) in [5, 5.41) is 4.74. The van der Waals surface area contributed by atoms with Crippen LogP contribution in [0, 0.1) is 6.92 Å². The van der Waals surface area contributed by atoms with E-state index in [1.165, 1.54) is 11.1 Å². The standard InChI is InChI=1S/C19H21NO/c1-3-12-20-19(15-10-8-14(2)9-11-15)18-13-16-6-4-5-7-17(16)21-18/h4-11,13,19-20H,3,12H2,1-2H3. The van der Waals surface area contributed by atoms with Gasteiger partial charge in [-0.25, -0.2) is 0 Å². The summed E-state index contributed by atoms with van der Waals surface area (Å²) in [5.74, 6) is 0.980. The lowest BCUT2D eigenvalue weighted by molar-refractivity contribution is 0.469. The van der Waals surface area contributed by atoms with Crippen LogP contribution in [0.15, 0.2) is 59.0 Å². The van der Waals surface area contributed by atoms with Gasteiger partial charge in [0.25, 0.3) is 0 Å². The number of nitrogens with one attached hydrogen (secondary N) is 1. The van der Waals surface area contributed by atoms with Crippen molar-refractivity contribution in [2.45, 2.75) is 26.3 Å². The Balaban J connectivity index is 1.99. The van der Waals surface area contributed by atoms with Crippen molar-refractivity contribution in [2.24, 2.45) is 0 Å². The molecule has 2 heteroatoms. The van der Waals surface area contributed by atoms with E-state index in [2.05, 4.69) is 55.6 Å². The monoisotopic (exact) mass is 279 g/mol. The molecule has 1 heterocycles. The number of para-hydroxylation sites is 1. The van der Waals surface area contributed by atoms with Crippen LogP contribution in [-0.4, -0.2) is 6.54 Å². The molecule has 0 fully saturated rings. The maximum Gasteiger partial charge on any atom is 0.134 e. The lowest BCUT2D eigenvalue weighted by Crippen LogP contribution is -2.22. The van der Waals surface area contributed by atoms with Gasteiger partial charge >= 0.3 is 0 Å². The third kappa shape index (κ3) is 3.01. The molecule has 108 valence electrons. The Morgan fingerprint density at radius 2 is 1.81 bits per heavy atom. The molecule has 1 atom stereocenters. The molecule has 3 rings (SSSR count). The van der Waals surface area contributed by atoms with Crippen LogP contribution in [0.3, 0.4) is 0 Å². The van der Waals surface area contributed by atoms with Gasteiger partial charge in [-0.05, 0) is 37.6 Å². The van der Waals surface area contributed by atoms with Crippen LogP contribution in [0.4, 0.5) is 0 Å². The van der Waals surface area contributed by atoms with Crippen molar-refractivity contribution in [3.8, 4) is 0 Å². The average Bonchev–Trinajstić information content (AvgIpc) is 2.93. The molecule has 3 aromatic rings. The van der Waals surface area contributed by atoms with Crippen LogP contribution in [0.1, 0.15) is 36.3 Å². The molecule has 21 heavy (non-hydrogen) atoms. The Morgan fingerprint density at radius 3 is 2.52 bits per heavy atom. The number of hydrogen-bond donors (Lipinski definition) is 1. The first-order valence-corrected chi connectivity index (χ1v) is 7.56. The SMILES string of the molecule is CCCNC(c1ccc(C)cc1)c1cc2ccccc2o1. The van der Waals surface area contributed by atoms with Gasteiger partial charge in [-0.1, -0.05) is 55.0 Å². The molecule has 2 nitrogen and oxygen atoms in total. The van der Waals surface area contributed by atoms with E-state index in [4.69, 9.17) is 4.42 Å². The molecule has 0 saturated heterocycles. The van der Waals surface area contributed by atoms with Gasteiger partial charge in [0.15, 0.2) is 0 Å². The predicted octanol–water partition coefficient (Wildman–Crippen LogP) is 4.83. The quantitative estimate of drug-likeness (QED) is 0.723. The molecule has 1 aromatic heterocycles. The topological polar surface area (TPSA) is 25.2 Å². The highest BCUT2D eigenvalue weighted by atomic mass is 16.3. The van der Waals surface area contributed by atoms with E-state index >= 15 is 0 Å². The minimum atomic E-state index is 0.109. The Hall–Kier alpha value is -2.06. The summed E-state index contributed by atoms with van der Waals surface area (Å²) in [7, 11) is 0. The van der Waals surface area contributed by atoms with Crippen molar-refractivity contribution >= 4 is 11.0 Å². The van der Waals surface area contributed by atoms with Crippen LogP contribution in [0.5, 0.6) is 0 Å². The highest BCUT2D eigenvalue weighted by molar-refractivity contribution is 5.77. The third-order valence-electron chi connectivity index (χ3n) is 3.74. The molecular formula is C19H21NO. The van der Waals surface area contributed by atoms with E-state index in [1.54, 1.807) is 0 Å². The van der Waals surface area contributed by atoms with E-state index in [0.29, 0.717) is 0 Å². The summed E-state index contributed by atoms with van der Waals surface area (Å²) in [5.41, 5.74) is 3.47. The molecule has 0 aliphatic heterocycles. The Labute approximate surface area is 125 Å². The molecule has 0 spiro atoms. The van der Waals surface area contributed by atoms with Gasteiger partial charge in [0.1, 0.15) is 11.3 Å². The number of hydrogen-bond acceptors (Lipinski definition) is 2. The number of benzene rings is 2. The smallest absolute Gasteiger partial charge is 0.134 e. The molecule has 0 radical (unpaired) electrons. The Bertz CT molecular complexity index is 679. The molecule has 0 aliphatic rings. The zero-order chi connectivity index (χ0) is 14.7. The van der Waals surface area contributed by atoms with Crippen LogP contribution in [0.2, 0.25) is 0 Å². The van der Waals surface area contributed by atoms with Crippen LogP contribution in [-0.2, 0) is 0 Å². The van der Waals surface area contributed by atoms with Crippen molar-refractivity contribution in [1.29, 1.82) is 0 Å². The first kappa shape index (κ1) is 13.9. The van der Waals surface area contributed by atoms with Crippen LogP contribution < -0.4 is 5.32 Å². The predicted molar refractivity (Wildman–Crippen MR) is 87.5 cm³/mol. The summed E-state index contributed by atoms with van der Waals surface area (Å²) >= 11 is 0. The van der Waals surface area contributed by atoms with E-state index in [1.807, 2.05) is 18.2 Å². The van der Waals surface area contributed by atoms with Gasteiger partial charge in [-0.2, -0.15) is 0 Å². The van der Waals surface area contributed by atoms with Gasteiger partial charge in [-0.3, -0.25) is 0 Å². The largest absolute Gasteiger partial charge is 0.459 e. The average molecular weight is 279 g/mol.